The summed E-state index contributed by atoms with van der Waals surface area (Å²) in [7, 11) is 2.02. The number of nitrogens with zero attached hydrogens (tertiary/aromatic N) is 1. The second-order valence-corrected chi connectivity index (χ2v) is 4.50. The zero-order valence-corrected chi connectivity index (χ0v) is 11.0. The van der Waals surface area contributed by atoms with Crippen LogP contribution in [0.4, 0.5) is 5.69 Å². The molecule has 0 fully saturated rings. The number of Topliss-reactive ketones (excluding diaryl/α,β-unsaturated/α-hetero) is 1. The van der Waals surface area contributed by atoms with Crippen molar-refractivity contribution in [2.24, 2.45) is 0 Å². The molecule has 0 bridgehead atoms. The predicted molar refractivity (Wildman–Crippen MR) is 69.6 cm³/mol. The van der Waals surface area contributed by atoms with Crippen LogP contribution in [-0.2, 0) is 0 Å². The van der Waals surface area contributed by atoms with Crippen LogP contribution in [0.2, 0.25) is 5.02 Å². The molecule has 2 nitrogen and oxygen atoms in total. The van der Waals surface area contributed by atoms with Gasteiger partial charge >= 0.3 is 0 Å². The van der Waals surface area contributed by atoms with Crippen LogP contribution in [0.1, 0.15) is 37.6 Å². The van der Waals surface area contributed by atoms with Gasteiger partial charge in [-0.1, -0.05) is 18.5 Å². The molecule has 1 aromatic carbocycles. The normalized spacial score (nSPS) is 12.3. The molecule has 0 saturated carbocycles. The van der Waals surface area contributed by atoms with Gasteiger partial charge in [-0.15, -0.1) is 0 Å². The van der Waals surface area contributed by atoms with Gasteiger partial charge in [0.1, 0.15) is 0 Å². The van der Waals surface area contributed by atoms with Crippen LogP contribution in [0, 0.1) is 0 Å². The molecule has 0 aliphatic rings. The number of rotatable bonds is 4. The van der Waals surface area contributed by atoms with Crippen LogP contribution >= 0.6 is 11.6 Å². The van der Waals surface area contributed by atoms with Gasteiger partial charge in [0.2, 0.25) is 0 Å². The summed E-state index contributed by atoms with van der Waals surface area (Å²) in [6.07, 6.45) is 1.06. The van der Waals surface area contributed by atoms with E-state index in [1.54, 1.807) is 13.0 Å². The van der Waals surface area contributed by atoms with Crippen molar-refractivity contribution in [2.75, 3.05) is 11.9 Å². The van der Waals surface area contributed by atoms with E-state index in [2.05, 4.69) is 18.7 Å². The third kappa shape index (κ3) is 2.76. The summed E-state index contributed by atoms with van der Waals surface area (Å²) >= 11 is 6.18. The van der Waals surface area contributed by atoms with Crippen LogP contribution in [-0.4, -0.2) is 18.9 Å². The lowest BCUT2D eigenvalue weighted by molar-refractivity contribution is 0.101. The maximum atomic E-state index is 11.2. The third-order valence-corrected chi connectivity index (χ3v) is 3.29. The first-order chi connectivity index (χ1) is 7.47. The Balaban J connectivity index is 3.03. The second-order valence-electron chi connectivity index (χ2n) is 4.09. The van der Waals surface area contributed by atoms with Gasteiger partial charge in [-0.25, -0.2) is 0 Å². The van der Waals surface area contributed by atoms with Gasteiger partial charge in [0.15, 0.2) is 5.78 Å². The highest BCUT2D eigenvalue weighted by molar-refractivity contribution is 6.33. The fourth-order valence-electron chi connectivity index (χ4n) is 1.52. The van der Waals surface area contributed by atoms with Crippen LogP contribution < -0.4 is 4.90 Å². The first-order valence-corrected chi connectivity index (χ1v) is 5.88. The Morgan fingerprint density at radius 3 is 2.56 bits per heavy atom. The summed E-state index contributed by atoms with van der Waals surface area (Å²) in [5, 5.41) is 0.635. The molecule has 0 N–H and O–H groups in total. The number of anilines is 1. The molecule has 1 atom stereocenters. The first kappa shape index (κ1) is 13.0. The van der Waals surface area contributed by atoms with Crippen molar-refractivity contribution in [1.29, 1.82) is 0 Å². The maximum absolute atomic E-state index is 11.2. The fraction of sp³-hybridized carbons (Fsp3) is 0.462. The topological polar surface area (TPSA) is 20.3 Å². The van der Waals surface area contributed by atoms with Crippen molar-refractivity contribution in [1.82, 2.24) is 0 Å². The highest BCUT2D eigenvalue weighted by Crippen LogP contribution is 2.28. The monoisotopic (exact) mass is 239 g/mol. The minimum absolute atomic E-state index is 0.0413. The van der Waals surface area contributed by atoms with Gasteiger partial charge in [0, 0.05) is 18.7 Å². The second kappa shape index (κ2) is 5.35. The maximum Gasteiger partial charge on any atom is 0.159 e. The SMILES string of the molecule is CCC(C)N(C)c1ccc(C(C)=O)cc1Cl. The lowest BCUT2D eigenvalue weighted by Crippen LogP contribution is -2.28. The number of ketones is 1. The highest BCUT2D eigenvalue weighted by Gasteiger charge is 2.12. The summed E-state index contributed by atoms with van der Waals surface area (Å²) in [6, 6.07) is 5.90. The van der Waals surface area contributed by atoms with Crippen molar-refractivity contribution < 1.29 is 4.79 Å². The van der Waals surface area contributed by atoms with Crippen molar-refractivity contribution in [3.8, 4) is 0 Å². The Morgan fingerprint density at radius 1 is 1.50 bits per heavy atom. The Labute approximate surface area is 102 Å². The number of hydrogen-bond donors (Lipinski definition) is 0. The van der Waals surface area contributed by atoms with Gasteiger partial charge in [0.25, 0.3) is 0 Å². The van der Waals surface area contributed by atoms with E-state index >= 15 is 0 Å². The van der Waals surface area contributed by atoms with E-state index in [4.69, 9.17) is 11.6 Å². The average Bonchev–Trinajstić information content (AvgIpc) is 2.26. The largest absolute Gasteiger partial charge is 0.371 e. The Hall–Kier alpha value is -1.02. The number of benzene rings is 1. The van der Waals surface area contributed by atoms with Crippen molar-refractivity contribution in [3.05, 3.63) is 28.8 Å². The molecule has 16 heavy (non-hydrogen) atoms. The quantitative estimate of drug-likeness (QED) is 0.746. The summed E-state index contributed by atoms with van der Waals surface area (Å²) in [5.74, 6) is 0.0413. The van der Waals surface area contributed by atoms with E-state index in [-0.39, 0.29) is 5.78 Å². The summed E-state index contributed by atoms with van der Waals surface area (Å²) in [4.78, 5) is 13.3. The van der Waals surface area contributed by atoms with Crippen molar-refractivity contribution >= 4 is 23.1 Å². The molecule has 0 amide bonds. The minimum atomic E-state index is 0.0413. The molecule has 1 aromatic rings. The zero-order valence-electron chi connectivity index (χ0n) is 10.2. The molecule has 0 heterocycles. The van der Waals surface area contributed by atoms with E-state index < -0.39 is 0 Å². The molecule has 0 aliphatic heterocycles. The van der Waals surface area contributed by atoms with Crippen LogP contribution in [0.25, 0.3) is 0 Å². The molecule has 88 valence electrons. The van der Waals surface area contributed by atoms with E-state index in [9.17, 15) is 4.79 Å². The van der Waals surface area contributed by atoms with E-state index in [1.165, 1.54) is 0 Å². The Kier molecular flexibility index (Phi) is 4.36. The van der Waals surface area contributed by atoms with Gasteiger partial charge in [-0.3, -0.25) is 4.79 Å². The van der Waals surface area contributed by atoms with Crippen LogP contribution in [0.3, 0.4) is 0 Å². The van der Waals surface area contributed by atoms with E-state index in [0.717, 1.165) is 12.1 Å². The average molecular weight is 240 g/mol. The highest BCUT2D eigenvalue weighted by atomic mass is 35.5. The summed E-state index contributed by atoms with van der Waals surface area (Å²) < 4.78 is 0. The number of carbonyl (C=O) groups excluding carboxylic acids is 1. The lowest BCUT2D eigenvalue weighted by atomic mass is 10.1. The predicted octanol–water partition coefficient (Wildman–Crippen LogP) is 3.78. The molecule has 3 heteroatoms. The Bertz CT molecular complexity index is 390. The van der Waals surface area contributed by atoms with Gasteiger partial charge in [0.05, 0.1) is 10.7 Å². The molecule has 0 spiro atoms. The van der Waals surface area contributed by atoms with Crippen molar-refractivity contribution in [3.63, 3.8) is 0 Å². The lowest BCUT2D eigenvalue weighted by Gasteiger charge is -2.27. The molecule has 1 unspecified atom stereocenters. The molecular weight excluding hydrogens is 222 g/mol. The summed E-state index contributed by atoms with van der Waals surface area (Å²) in [6.45, 7) is 5.83. The molecule has 0 aliphatic carbocycles. The minimum Gasteiger partial charge on any atom is -0.371 e. The van der Waals surface area contributed by atoms with Crippen LogP contribution in [0.15, 0.2) is 18.2 Å². The van der Waals surface area contributed by atoms with Crippen molar-refractivity contribution in [2.45, 2.75) is 33.2 Å². The zero-order chi connectivity index (χ0) is 12.3. The summed E-state index contributed by atoms with van der Waals surface area (Å²) in [5.41, 5.74) is 1.63. The molecule has 0 saturated heterocycles. The first-order valence-electron chi connectivity index (χ1n) is 5.50. The molecule has 1 rings (SSSR count). The third-order valence-electron chi connectivity index (χ3n) is 2.99. The smallest absolute Gasteiger partial charge is 0.159 e. The molecular formula is C13H18ClNO. The fourth-order valence-corrected chi connectivity index (χ4v) is 1.84. The Morgan fingerprint density at radius 2 is 2.12 bits per heavy atom. The van der Waals surface area contributed by atoms with Crippen LogP contribution in [0.5, 0.6) is 0 Å². The number of carbonyl (C=O) groups is 1. The number of halogens is 1. The number of hydrogen-bond acceptors (Lipinski definition) is 2. The van der Waals surface area contributed by atoms with E-state index in [1.807, 2.05) is 19.2 Å². The molecule has 0 aromatic heterocycles. The molecule has 0 radical (unpaired) electrons. The van der Waals surface area contributed by atoms with Gasteiger partial charge in [-0.05, 0) is 38.5 Å². The van der Waals surface area contributed by atoms with E-state index in [0.29, 0.717) is 16.6 Å². The van der Waals surface area contributed by atoms with Gasteiger partial charge < -0.3 is 4.90 Å². The van der Waals surface area contributed by atoms with Gasteiger partial charge in [-0.2, -0.15) is 0 Å². The standard InChI is InChI=1S/C13H18ClNO/c1-5-9(2)15(4)13-7-6-11(10(3)16)8-12(13)14/h6-9H,5H2,1-4H3.